The Hall–Kier alpha value is -2.86. The van der Waals surface area contributed by atoms with Gasteiger partial charge >= 0.3 is 5.97 Å². The fourth-order valence-electron chi connectivity index (χ4n) is 2.01. The van der Waals surface area contributed by atoms with Crippen LogP contribution < -0.4 is 10.1 Å². The highest BCUT2D eigenvalue weighted by Gasteiger charge is 2.19. The number of para-hydroxylation sites is 1. The van der Waals surface area contributed by atoms with E-state index in [1.165, 1.54) is 13.8 Å². The first-order chi connectivity index (χ1) is 12.4. The summed E-state index contributed by atoms with van der Waals surface area (Å²) in [4.78, 5) is 35.1. The summed E-state index contributed by atoms with van der Waals surface area (Å²) in [6.07, 6.45) is -1.01. The molecule has 0 aromatic heterocycles. The van der Waals surface area contributed by atoms with Crippen LogP contribution >= 0.6 is 11.6 Å². The van der Waals surface area contributed by atoms with Gasteiger partial charge in [0.2, 0.25) is 0 Å². The lowest BCUT2D eigenvalue weighted by atomic mass is 10.1. The molecule has 1 unspecified atom stereocenters. The van der Waals surface area contributed by atoms with Gasteiger partial charge in [0, 0.05) is 5.56 Å². The molecule has 0 aliphatic carbocycles. The van der Waals surface area contributed by atoms with Crippen molar-refractivity contribution in [2.24, 2.45) is 0 Å². The van der Waals surface area contributed by atoms with E-state index in [4.69, 9.17) is 21.1 Å². The summed E-state index contributed by atoms with van der Waals surface area (Å²) in [6.45, 7) is 2.55. The Balaban J connectivity index is 1.82. The van der Waals surface area contributed by atoms with Crippen LogP contribution in [0.4, 0.5) is 5.69 Å². The number of Topliss-reactive ketones (excluding diaryl/α,β-unsaturated/α-hetero) is 1. The van der Waals surface area contributed by atoms with E-state index >= 15 is 0 Å². The number of hydrogen-bond acceptors (Lipinski definition) is 5. The van der Waals surface area contributed by atoms with E-state index in [1.54, 1.807) is 48.5 Å². The maximum absolute atomic E-state index is 12.1. The summed E-state index contributed by atoms with van der Waals surface area (Å²) in [5.41, 5.74) is 0.980. The van der Waals surface area contributed by atoms with Crippen LogP contribution in [0.1, 0.15) is 24.2 Å². The minimum atomic E-state index is -1.01. The Bertz CT molecular complexity index is 804. The van der Waals surface area contributed by atoms with Gasteiger partial charge in [0.05, 0.1) is 10.7 Å². The smallest absolute Gasteiger partial charge is 0.344 e. The van der Waals surface area contributed by atoms with Crippen molar-refractivity contribution in [3.8, 4) is 5.75 Å². The maximum Gasteiger partial charge on any atom is 0.344 e. The number of hydrogen-bond donors (Lipinski definition) is 1. The Morgan fingerprint density at radius 2 is 1.73 bits per heavy atom. The zero-order valence-corrected chi connectivity index (χ0v) is 15.1. The summed E-state index contributed by atoms with van der Waals surface area (Å²) in [6, 6.07) is 13.1. The first-order valence-corrected chi connectivity index (χ1v) is 8.23. The quantitative estimate of drug-likeness (QED) is 0.591. The molecule has 7 heteroatoms. The van der Waals surface area contributed by atoms with Gasteiger partial charge in [0.1, 0.15) is 5.75 Å². The Morgan fingerprint density at radius 3 is 2.35 bits per heavy atom. The predicted octanol–water partition coefficient (Wildman–Crippen LogP) is 3.49. The van der Waals surface area contributed by atoms with Crippen LogP contribution in [0.3, 0.4) is 0 Å². The normalized spacial score (nSPS) is 11.3. The monoisotopic (exact) mass is 375 g/mol. The van der Waals surface area contributed by atoms with Crippen molar-refractivity contribution in [2.45, 2.75) is 20.0 Å². The predicted molar refractivity (Wildman–Crippen MR) is 97.6 cm³/mol. The van der Waals surface area contributed by atoms with Gasteiger partial charge in [-0.05, 0) is 50.2 Å². The average molecular weight is 376 g/mol. The number of benzene rings is 2. The van der Waals surface area contributed by atoms with Crippen LogP contribution in [-0.2, 0) is 14.3 Å². The fourth-order valence-corrected chi connectivity index (χ4v) is 2.19. The second kappa shape index (κ2) is 9.01. The average Bonchev–Trinajstić information content (AvgIpc) is 2.62. The standard InChI is InChI=1S/C19H18ClNO5/c1-12(22)14-7-9-15(10-8-14)25-11-18(23)26-13(2)19(24)21-17-6-4-3-5-16(17)20/h3-10,13H,11H2,1-2H3,(H,21,24). The molecule has 0 saturated heterocycles. The molecule has 2 aromatic carbocycles. The lowest BCUT2D eigenvalue weighted by molar-refractivity contribution is -0.155. The van der Waals surface area contributed by atoms with Crippen molar-refractivity contribution in [1.29, 1.82) is 0 Å². The van der Waals surface area contributed by atoms with E-state index < -0.39 is 18.0 Å². The molecule has 1 atom stereocenters. The lowest BCUT2D eigenvalue weighted by Gasteiger charge is -2.14. The molecular formula is C19H18ClNO5. The molecule has 0 heterocycles. The molecule has 2 aromatic rings. The van der Waals surface area contributed by atoms with Crippen LogP contribution in [-0.4, -0.2) is 30.4 Å². The van der Waals surface area contributed by atoms with E-state index in [-0.39, 0.29) is 12.4 Å². The van der Waals surface area contributed by atoms with Gasteiger partial charge in [0.25, 0.3) is 5.91 Å². The summed E-state index contributed by atoms with van der Waals surface area (Å²) in [5, 5.41) is 2.97. The van der Waals surface area contributed by atoms with Crippen molar-refractivity contribution < 1.29 is 23.9 Å². The number of carbonyl (C=O) groups excluding carboxylic acids is 3. The third-order valence-corrected chi connectivity index (χ3v) is 3.76. The number of anilines is 1. The van der Waals surface area contributed by atoms with Crippen molar-refractivity contribution in [1.82, 2.24) is 0 Å². The third kappa shape index (κ3) is 5.60. The molecule has 136 valence electrons. The molecule has 2 rings (SSSR count). The highest BCUT2D eigenvalue weighted by Crippen LogP contribution is 2.20. The summed E-state index contributed by atoms with van der Waals surface area (Å²) >= 11 is 5.96. The number of halogens is 1. The highest BCUT2D eigenvalue weighted by molar-refractivity contribution is 6.33. The van der Waals surface area contributed by atoms with Gasteiger partial charge in [-0.15, -0.1) is 0 Å². The fraction of sp³-hybridized carbons (Fsp3) is 0.211. The van der Waals surface area contributed by atoms with E-state index in [9.17, 15) is 14.4 Å². The largest absolute Gasteiger partial charge is 0.482 e. The van der Waals surface area contributed by atoms with E-state index in [1.807, 2.05) is 0 Å². The van der Waals surface area contributed by atoms with Gasteiger partial charge in [-0.2, -0.15) is 0 Å². The number of rotatable bonds is 7. The highest BCUT2D eigenvalue weighted by atomic mass is 35.5. The zero-order chi connectivity index (χ0) is 19.1. The topological polar surface area (TPSA) is 81.7 Å². The second-order valence-corrected chi connectivity index (χ2v) is 5.88. The molecule has 6 nitrogen and oxygen atoms in total. The lowest BCUT2D eigenvalue weighted by Crippen LogP contribution is -2.31. The van der Waals surface area contributed by atoms with Crippen molar-refractivity contribution in [3.63, 3.8) is 0 Å². The van der Waals surface area contributed by atoms with E-state index in [0.717, 1.165) is 0 Å². The molecule has 0 aliphatic rings. The van der Waals surface area contributed by atoms with E-state index in [2.05, 4.69) is 5.32 Å². The Labute approximate surface area is 156 Å². The van der Waals surface area contributed by atoms with Crippen molar-refractivity contribution in [3.05, 3.63) is 59.1 Å². The number of amides is 1. The molecule has 0 saturated carbocycles. The van der Waals surface area contributed by atoms with Crippen molar-refractivity contribution in [2.75, 3.05) is 11.9 Å². The molecule has 0 fully saturated rings. The summed E-state index contributed by atoms with van der Waals surface area (Å²) in [5.74, 6) is -0.839. The molecule has 0 aliphatic heterocycles. The van der Waals surface area contributed by atoms with Gasteiger partial charge in [-0.25, -0.2) is 4.79 Å². The summed E-state index contributed by atoms with van der Waals surface area (Å²) < 4.78 is 10.3. The Morgan fingerprint density at radius 1 is 1.08 bits per heavy atom. The minimum absolute atomic E-state index is 0.0608. The molecule has 26 heavy (non-hydrogen) atoms. The van der Waals surface area contributed by atoms with Crippen LogP contribution in [0, 0.1) is 0 Å². The molecule has 0 bridgehead atoms. The number of ether oxygens (including phenoxy) is 2. The minimum Gasteiger partial charge on any atom is -0.482 e. The molecule has 0 radical (unpaired) electrons. The van der Waals surface area contributed by atoms with Crippen LogP contribution in [0.2, 0.25) is 5.02 Å². The van der Waals surface area contributed by atoms with Crippen LogP contribution in [0.15, 0.2) is 48.5 Å². The number of nitrogens with one attached hydrogen (secondary N) is 1. The summed E-state index contributed by atoms with van der Waals surface area (Å²) in [7, 11) is 0. The van der Waals surface area contributed by atoms with E-state index in [0.29, 0.717) is 22.0 Å². The molecule has 0 spiro atoms. The SMILES string of the molecule is CC(=O)c1ccc(OCC(=O)OC(C)C(=O)Nc2ccccc2Cl)cc1. The maximum atomic E-state index is 12.1. The number of carbonyl (C=O) groups is 3. The van der Waals surface area contributed by atoms with Crippen LogP contribution in [0.25, 0.3) is 0 Å². The zero-order valence-electron chi connectivity index (χ0n) is 14.3. The molecule has 1 N–H and O–H groups in total. The van der Waals surface area contributed by atoms with Gasteiger partial charge < -0.3 is 14.8 Å². The third-order valence-electron chi connectivity index (χ3n) is 3.43. The Kier molecular flexibility index (Phi) is 6.74. The molecular weight excluding hydrogens is 358 g/mol. The number of esters is 1. The van der Waals surface area contributed by atoms with Gasteiger partial charge in [-0.1, -0.05) is 23.7 Å². The number of ketones is 1. The van der Waals surface area contributed by atoms with Crippen molar-refractivity contribution >= 4 is 34.9 Å². The molecule has 1 amide bonds. The second-order valence-electron chi connectivity index (χ2n) is 5.47. The van der Waals surface area contributed by atoms with Gasteiger partial charge in [0.15, 0.2) is 18.5 Å². The first-order valence-electron chi connectivity index (χ1n) is 7.85. The van der Waals surface area contributed by atoms with Gasteiger partial charge in [-0.3, -0.25) is 9.59 Å². The van der Waals surface area contributed by atoms with Crippen LogP contribution in [0.5, 0.6) is 5.75 Å². The first kappa shape index (κ1) is 19.5.